The van der Waals surface area contributed by atoms with Crippen molar-refractivity contribution < 1.29 is 13.2 Å². The van der Waals surface area contributed by atoms with Crippen LogP contribution >= 0.6 is 11.3 Å². The summed E-state index contributed by atoms with van der Waals surface area (Å²) < 4.78 is 23.4. The molecule has 1 aliphatic carbocycles. The number of carbonyl (C=O) groups is 1. The van der Waals surface area contributed by atoms with Gasteiger partial charge in [0.1, 0.15) is 0 Å². The van der Waals surface area contributed by atoms with Crippen LogP contribution < -0.4 is 11.1 Å². The average Bonchev–Trinajstić information content (AvgIpc) is 3.07. The maximum Gasteiger partial charge on any atom is 0.223 e. The van der Waals surface area contributed by atoms with Crippen LogP contribution in [0, 0.1) is 5.92 Å². The highest BCUT2D eigenvalue weighted by Gasteiger charge is 2.16. The number of carbonyl (C=O) groups excluding carboxylic acids is 1. The molecule has 0 radical (unpaired) electrons. The largest absolute Gasteiger partial charge is 0.327 e. The molecule has 6 nitrogen and oxygen atoms in total. The monoisotopic (exact) mass is 473 g/mol. The van der Waals surface area contributed by atoms with Crippen LogP contribution in [0.15, 0.2) is 53.0 Å². The number of nitrogens with one attached hydrogen (secondary N) is 1. The Hall–Kier alpha value is -2.29. The Morgan fingerprint density at radius 2 is 2.03 bits per heavy atom. The second kappa shape index (κ2) is 11.0. The first-order valence-corrected chi connectivity index (χ1v) is 13.5. The summed E-state index contributed by atoms with van der Waals surface area (Å²) in [5, 5.41) is 3.41. The molecule has 0 aliphatic heterocycles. The number of sulfone groups is 1. The molecule has 0 spiro atoms. The van der Waals surface area contributed by atoms with Crippen LogP contribution in [0.1, 0.15) is 48.7 Å². The SMILES string of the molecule is CC(=O)Nc1nc(CCC2/C=C\CC/C(CN)=C\C2)c(Cc2ccc(S(C)(=O)=O)cc2)s1. The van der Waals surface area contributed by atoms with Gasteiger partial charge in [-0.05, 0) is 55.7 Å². The molecule has 0 saturated carbocycles. The van der Waals surface area contributed by atoms with E-state index in [1.165, 1.54) is 30.1 Å². The number of hydrogen-bond donors (Lipinski definition) is 2. The first-order valence-electron chi connectivity index (χ1n) is 10.8. The lowest BCUT2D eigenvalue weighted by molar-refractivity contribution is -0.114. The molecule has 1 aromatic carbocycles. The topological polar surface area (TPSA) is 102 Å². The van der Waals surface area contributed by atoms with Crippen molar-refractivity contribution in [1.29, 1.82) is 0 Å². The number of nitrogens with zero attached hydrogens (tertiary/aromatic N) is 1. The zero-order valence-corrected chi connectivity index (χ0v) is 20.3. The van der Waals surface area contributed by atoms with E-state index in [1.54, 1.807) is 12.1 Å². The summed E-state index contributed by atoms with van der Waals surface area (Å²) in [6.45, 7) is 2.10. The van der Waals surface area contributed by atoms with Gasteiger partial charge in [-0.3, -0.25) is 4.79 Å². The van der Waals surface area contributed by atoms with Gasteiger partial charge in [-0.25, -0.2) is 13.4 Å². The highest BCUT2D eigenvalue weighted by Crippen LogP contribution is 2.29. The standard InChI is InChI=1S/C24H31N3O3S2/c1-17(28)26-24-27-22(14-11-18-5-3-4-6-20(16-25)8-7-18)23(31-24)15-19-9-12-21(13-10-19)32(2,29)30/h3,5,8-10,12-13,18H,4,6-7,11,14-16,25H2,1-2H3,(H,26,27,28)/b5-3-,20-8+. The fourth-order valence-corrected chi connectivity index (χ4v) is 5.46. The fraction of sp³-hybridized carbons (Fsp3) is 0.417. The number of aromatic nitrogens is 1. The Morgan fingerprint density at radius 3 is 2.69 bits per heavy atom. The van der Waals surface area contributed by atoms with Crippen molar-refractivity contribution in [2.45, 2.75) is 50.3 Å². The predicted octanol–water partition coefficient (Wildman–Crippen LogP) is 4.27. The van der Waals surface area contributed by atoms with E-state index in [0.29, 0.717) is 28.9 Å². The maximum absolute atomic E-state index is 11.7. The van der Waals surface area contributed by atoms with E-state index < -0.39 is 9.84 Å². The molecule has 2 aromatic rings. The summed E-state index contributed by atoms with van der Waals surface area (Å²) in [7, 11) is -3.22. The van der Waals surface area contributed by atoms with E-state index in [9.17, 15) is 13.2 Å². The summed E-state index contributed by atoms with van der Waals surface area (Å²) >= 11 is 1.48. The predicted molar refractivity (Wildman–Crippen MR) is 131 cm³/mol. The van der Waals surface area contributed by atoms with E-state index in [4.69, 9.17) is 10.7 Å². The number of nitrogens with two attached hydrogens (primary N) is 1. The van der Waals surface area contributed by atoms with Crippen molar-refractivity contribution in [2.24, 2.45) is 11.7 Å². The number of anilines is 1. The third kappa shape index (κ3) is 7.12. The third-order valence-corrected chi connectivity index (χ3v) is 7.68. The second-order valence-electron chi connectivity index (χ2n) is 8.23. The molecule has 1 atom stereocenters. The van der Waals surface area contributed by atoms with Gasteiger partial charge in [0, 0.05) is 31.0 Å². The molecule has 0 bridgehead atoms. The van der Waals surface area contributed by atoms with Crippen molar-refractivity contribution in [2.75, 3.05) is 18.1 Å². The van der Waals surface area contributed by atoms with Gasteiger partial charge in [-0.2, -0.15) is 0 Å². The minimum absolute atomic E-state index is 0.142. The van der Waals surface area contributed by atoms with Gasteiger partial charge in [0.25, 0.3) is 0 Å². The van der Waals surface area contributed by atoms with Crippen molar-refractivity contribution in [1.82, 2.24) is 4.98 Å². The van der Waals surface area contributed by atoms with Crippen molar-refractivity contribution >= 4 is 32.2 Å². The molecule has 3 N–H and O–H groups in total. The summed E-state index contributed by atoms with van der Waals surface area (Å²) in [6.07, 6.45) is 13.5. The van der Waals surface area contributed by atoms with E-state index in [2.05, 4.69) is 23.5 Å². The van der Waals surface area contributed by atoms with Crippen molar-refractivity contribution in [3.05, 3.63) is 64.2 Å². The van der Waals surface area contributed by atoms with Crippen molar-refractivity contribution in [3.63, 3.8) is 0 Å². The van der Waals surface area contributed by atoms with E-state index in [0.717, 1.165) is 48.2 Å². The van der Waals surface area contributed by atoms with Gasteiger partial charge in [0.05, 0.1) is 10.6 Å². The summed E-state index contributed by atoms with van der Waals surface area (Å²) in [5.74, 6) is 0.293. The molecule has 1 unspecified atom stereocenters. The lowest BCUT2D eigenvalue weighted by Crippen LogP contribution is -2.07. The van der Waals surface area contributed by atoms with Gasteiger partial charge in [0.2, 0.25) is 5.91 Å². The lowest BCUT2D eigenvalue weighted by atomic mass is 9.92. The van der Waals surface area contributed by atoms with Crippen LogP contribution in [0.3, 0.4) is 0 Å². The van der Waals surface area contributed by atoms with Crippen LogP contribution in [-0.2, 0) is 27.5 Å². The van der Waals surface area contributed by atoms with Gasteiger partial charge < -0.3 is 11.1 Å². The maximum atomic E-state index is 11.7. The molecule has 0 saturated heterocycles. The normalized spacial score (nSPS) is 19.5. The van der Waals surface area contributed by atoms with Crippen LogP contribution in [0.4, 0.5) is 5.13 Å². The molecular weight excluding hydrogens is 442 g/mol. The van der Waals surface area contributed by atoms with E-state index in [-0.39, 0.29) is 5.91 Å². The number of rotatable bonds is 8. The Labute approximate surface area is 194 Å². The highest BCUT2D eigenvalue weighted by atomic mass is 32.2. The second-order valence-corrected chi connectivity index (χ2v) is 11.3. The van der Waals surface area contributed by atoms with E-state index in [1.807, 2.05) is 12.1 Å². The fourth-order valence-electron chi connectivity index (χ4n) is 3.74. The van der Waals surface area contributed by atoms with Gasteiger partial charge >= 0.3 is 0 Å². The molecule has 1 aliphatic rings. The zero-order valence-electron chi connectivity index (χ0n) is 18.6. The Kier molecular flexibility index (Phi) is 8.39. The van der Waals surface area contributed by atoms with Crippen LogP contribution in [-0.4, -0.2) is 32.1 Å². The minimum Gasteiger partial charge on any atom is -0.327 e. The highest BCUT2D eigenvalue weighted by molar-refractivity contribution is 7.90. The van der Waals surface area contributed by atoms with Gasteiger partial charge in [-0.1, -0.05) is 35.9 Å². The van der Waals surface area contributed by atoms with Crippen LogP contribution in [0.2, 0.25) is 0 Å². The number of aryl methyl sites for hydroxylation is 1. The molecule has 1 aromatic heterocycles. The smallest absolute Gasteiger partial charge is 0.223 e. The first kappa shape index (κ1) is 24.4. The number of hydrogen-bond acceptors (Lipinski definition) is 6. The lowest BCUT2D eigenvalue weighted by Gasteiger charge is -2.14. The third-order valence-electron chi connectivity index (χ3n) is 5.54. The van der Waals surface area contributed by atoms with E-state index >= 15 is 0 Å². The molecule has 172 valence electrons. The Balaban J connectivity index is 1.76. The minimum atomic E-state index is -3.22. The zero-order chi connectivity index (χ0) is 23.1. The van der Waals surface area contributed by atoms with Gasteiger partial charge in [0.15, 0.2) is 15.0 Å². The molecule has 1 amide bonds. The molecule has 0 fully saturated rings. The number of thiazole rings is 1. The average molecular weight is 474 g/mol. The van der Waals surface area contributed by atoms with Crippen molar-refractivity contribution in [3.8, 4) is 0 Å². The summed E-state index contributed by atoms with van der Waals surface area (Å²) in [5.41, 5.74) is 9.15. The molecule has 3 rings (SSSR count). The molecule has 1 heterocycles. The van der Waals surface area contributed by atoms with Gasteiger partial charge in [-0.15, -0.1) is 11.3 Å². The number of amides is 1. The Bertz CT molecular complexity index is 1100. The number of allylic oxidation sites excluding steroid dienone is 3. The quantitative estimate of drug-likeness (QED) is 0.558. The molecular formula is C24H31N3O3S2. The Morgan fingerprint density at radius 1 is 1.28 bits per heavy atom. The van der Waals surface area contributed by atoms with Crippen LogP contribution in [0.5, 0.6) is 0 Å². The molecule has 8 heteroatoms. The first-order chi connectivity index (χ1) is 15.2. The summed E-state index contributed by atoms with van der Waals surface area (Å²) in [6, 6.07) is 6.96. The number of benzene rings is 1. The summed E-state index contributed by atoms with van der Waals surface area (Å²) in [4.78, 5) is 17.6. The molecule has 32 heavy (non-hydrogen) atoms. The van der Waals surface area contributed by atoms with Crippen LogP contribution in [0.25, 0.3) is 0 Å².